The topological polar surface area (TPSA) is 51.2 Å². The summed E-state index contributed by atoms with van der Waals surface area (Å²) in [5.74, 6) is 2.09. The molecule has 1 amide bonds. The summed E-state index contributed by atoms with van der Waals surface area (Å²) in [6.07, 6.45) is 5.58. The molecule has 2 saturated heterocycles. The van der Waals surface area contributed by atoms with Crippen molar-refractivity contribution >= 4 is 5.91 Å². The first-order chi connectivity index (χ1) is 13.7. The summed E-state index contributed by atoms with van der Waals surface area (Å²) in [6, 6.07) is 6.17. The molecule has 4 rings (SSSR count). The Morgan fingerprint density at radius 3 is 2.64 bits per heavy atom. The summed E-state index contributed by atoms with van der Waals surface area (Å²) < 4.78 is 17.1. The molecule has 1 aromatic rings. The molecule has 0 aromatic heterocycles. The SMILES string of the molecule is COc1ccc(C2CC(=O)N(CCN3CCOCC3)C2)cc1OC1CCCC1. The molecule has 3 aliphatic rings. The van der Waals surface area contributed by atoms with Crippen molar-refractivity contribution in [3.8, 4) is 11.5 Å². The molecule has 6 heteroatoms. The van der Waals surface area contributed by atoms with Gasteiger partial charge in [-0.15, -0.1) is 0 Å². The van der Waals surface area contributed by atoms with Gasteiger partial charge >= 0.3 is 0 Å². The molecule has 1 aliphatic carbocycles. The van der Waals surface area contributed by atoms with Crippen LogP contribution in [0.3, 0.4) is 0 Å². The standard InChI is InChI=1S/C22H32N2O4/c1-26-20-7-6-17(14-21(20)28-19-4-2-3-5-19)18-15-22(25)24(16-18)9-8-23-10-12-27-13-11-23/h6-7,14,18-19H,2-5,8-13,15-16H2,1H3. The van der Waals surface area contributed by atoms with Crippen molar-refractivity contribution < 1.29 is 19.0 Å². The predicted molar refractivity (Wildman–Crippen MR) is 107 cm³/mol. The molecular weight excluding hydrogens is 356 g/mol. The minimum absolute atomic E-state index is 0.231. The molecule has 1 atom stereocenters. The Bertz CT molecular complexity index is 669. The maximum absolute atomic E-state index is 12.5. The highest BCUT2D eigenvalue weighted by Crippen LogP contribution is 2.36. The number of amides is 1. The molecule has 0 spiro atoms. The summed E-state index contributed by atoms with van der Waals surface area (Å²) in [4.78, 5) is 16.9. The van der Waals surface area contributed by atoms with Crippen LogP contribution in [-0.4, -0.2) is 74.9 Å². The lowest BCUT2D eigenvalue weighted by molar-refractivity contribution is -0.128. The number of likely N-dealkylation sites (tertiary alicyclic amines) is 1. The Morgan fingerprint density at radius 1 is 1.11 bits per heavy atom. The Kier molecular flexibility index (Phi) is 6.37. The highest BCUT2D eigenvalue weighted by atomic mass is 16.5. The van der Waals surface area contributed by atoms with Crippen molar-refractivity contribution in [3.63, 3.8) is 0 Å². The van der Waals surface area contributed by atoms with E-state index in [9.17, 15) is 4.79 Å². The quantitative estimate of drug-likeness (QED) is 0.719. The molecular formula is C22H32N2O4. The average molecular weight is 389 g/mol. The van der Waals surface area contributed by atoms with Gasteiger partial charge in [-0.2, -0.15) is 0 Å². The number of nitrogens with zero attached hydrogens (tertiary/aromatic N) is 2. The number of rotatable bonds is 7. The van der Waals surface area contributed by atoms with Gasteiger partial charge in [-0.05, 0) is 43.4 Å². The lowest BCUT2D eigenvalue weighted by Gasteiger charge is -2.28. The lowest BCUT2D eigenvalue weighted by atomic mass is 9.98. The van der Waals surface area contributed by atoms with Crippen LogP contribution in [-0.2, 0) is 9.53 Å². The van der Waals surface area contributed by atoms with Crippen molar-refractivity contribution in [2.75, 3.05) is 53.0 Å². The zero-order valence-electron chi connectivity index (χ0n) is 16.9. The number of morpholine rings is 1. The molecule has 1 saturated carbocycles. The Balaban J connectivity index is 1.38. The Labute approximate surface area is 167 Å². The van der Waals surface area contributed by atoms with Crippen LogP contribution in [0.5, 0.6) is 11.5 Å². The average Bonchev–Trinajstić information content (AvgIpc) is 3.37. The van der Waals surface area contributed by atoms with E-state index in [2.05, 4.69) is 17.0 Å². The van der Waals surface area contributed by atoms with Gasteiger partial charge in [0.15, 0.2) is 11.5 Å². The van der Waals surface area contributed by atoms with Crippen LogP contribution in [0, 0.1) is 0 Å². The molecule has 0 N–H and O–H groups in total. The maximum Gasteiger partial charge on any atom is 0.223 e. The number of benzene rings is 1. The molecule has 6 nitrogen and oxygen atoms in total. The van der Waals surface area contributed by atoms with E-state index in [1.54, 1.807) is 7.11 Å². The summed E-state index contributed by atoms with van der Waals surface area (Å²) in [5, 5.41) is 0. The second-order valence-electron chi connectivity index (χ2n) is 8.13. The fourth-order valence-corrected chi connectivity index (χ4v) is 4.52. The second kappa shape index (κ2) is 9.14. The number of carbonyl (C=O) groups is 1. The van der Waals surface area contributed by atoms with Crippen LogP contribution in [0.4, 0.5) is 0 Å². The molecule has 1 unspecified atom stereocenters. The summed E-state index contributed by atoms with van der Waals surface area (Å²) in [5.41, 5.74) is 1.18. The molecule has 154 valence electrons. The van der Waals surface area contributed by atoms with E-state index in [-0.39, 0.29) is 11.8 Å². The zero-order valence-corrected chi connectivity index (χ0v) is 16.9. The molecule has 0 bridgehead atoms. The third kappa shape index (κ3) is 4.61. The second-order valence-corrected chi connectivity index (χ2v) is 8.13. The van der Waals surface area contributed by atoms with Crippen LogP contribution >= 0.6 is 0 Å². The molecule has 1 aromatic carbocycles. The van der Waals surface area contributed by atoms with Crippen molar-refractivity contribution in [3.05, 3.63) is 23.8 Å². The van der Waals surface area contributed by atoms with E-state index in [0.717, 1.165) is 70.3 Å². The molecule has 0 radical (unpaired) electrons. The van der Waals surface area contributed by atoms with Crippen LogP contribution < -0.4 is 9.47 Å². The first kappa shape index (κ1) is 19.5. The highest BCUT2D eigenvalue weighted by molar-refractivity contribution is 5.79. The van der Waals surface area contributed by atoms with Gasteiger partial charge in [0.05, 0.1) is 26.4 Å². The fraction of sp³-hybridized carbons (Fsp3) is 0.682. The van der Waals surface area contributed by atoms with Crippen molar-refractivity contribution in [2.45, 2.75) is 44.1 Å². The van der Waals surface area contributed by atoms with E-state index < -0.39 is 0 Å². The van der Waals surface area contributed by atoms with Crippen molar-refractivity contribution in [2.24, 2.45) is 0 Å². The Hall–Kier alpha value is -1.79. The van der Waals surface area contributed by atoms with Gasteiger partial charge in [-0.3, -0.25) is 9.69 Å². The highest BCUT2D eigenvalue weighted by Gasteiger charge is 2.31. The smallest absolute Gasteiger partial charge is 0.223 e. The van der Waals surface area contributed by atoms with E-state index in [0.29, 0.717) is 12.5 Å². The van der Waals surface area contributed by atoms with Gasteiger partial charge in [0.1, 0.15) is 0 Å². The van der Waals surface area contributed by atoms with Crippen molar-refractivity contribution in [1.29, 1.82) is 0 Å². The first-order valence-corrected chi connectivity index (χ1v) is 10.7. The van der Waals surface area contributed by atoms with Crippen LogP contribution in [0.1, 0.15) is 43.6 Å². The minimum Gasteiger partial charge on any atom is -0.493 e. The first-order valence-electron chi connectivity index (χ1n) is 10.7. The zero-order chi connectivity index (χ0) is 19.3. The largest absolute Gasteiger partial charge is 0.493 e. The van der Waals surface area contributed by atoms with E-state index in [4.69, 9.17) is 14.2 Å². The number of methoxy groups -OCH3 is 1. The van der Waals surface area contributed by atoms with E-state index in [1.165, 1.54) is 18.4 Å². The monoisotopic (exact) mass is 388 g/mol. The van der Waals surface area contributed by atoms with E-state index >= 15 is 0 Å². The van der Waals surface area contributed by atoms with Crippen LogP contribution in [0.15, 0.2) is 18.2 Å². The number of hydrogen-bond acceptors (Lipinski definition) is 5. The minimum atomic E-state index is 0.231. The number of carbonyl (C=O) groups excluding carboxylic acids is 1. The molecule has 3 fully saturated rings. The fourth-order valence-electron chi connectivity index (χ4n) is 4.52. The maximum atomic E-state index is 12.5. The molecule has 2 heterocycles. The predicted octanol–water partition coefficient (Wildman–Crippen LogP) is 2.66. The number of ether oxygens (including phenoxy) is 3. The van der Waals surface area contributed by atoms with Gasteiger partial charge in [-0.1, -0.05) is 6.07 Å². The summed E-state index contributed by atoms with van der Waals surface area (Å²) >= 11 is 0. The summed E-state index contributed by atoms with van der Waals surface area (Å²) in [7, 11) is 1.68. The number of hydrogen-bond donors (Lipinski definition) is 0. The molecule has 2 aliphatic heterocycles. The van der Waals surface area contributed by atoms with Crippen LogP contribution in [0.25, 0.3) is 0 Å². The van der Waals surface area contributed by atoms with Gasteiger partial charge < -0.3 is 19.1 Å². The van der Waals surface area contributed by atoms with Gasteiger partial charge in [0.2, 0.25) is 5.91 Å². The Morgan fingerprint density at radius 2 is 1.89 bits per heavy atom. The third-order valence-corrected chi connectivity index (χ3v) is 6.26. The lowest BCUT2D eigenvalue weighted by Crippen LogP contribution is -2.41. The van der Waals surface area contributed by atoms with E-state index in [1.807, 2.05) is 11.0 Å². The van der Waals surface area contributed by atoms with Crippen molar-refractivity contribution in [1.82, 2.24) is 9.80 Å². The normalized spacial score (nSPS) is 24.1. The molecule has 28 heavy (non-hydrogen) atoms. The van der Waals surface area contributed by atoms with Crippen LogP contribution in [0.2, 0.25) is 0 Å². The summed E-state index contributed by atoms with van der Waals surface area (Å²) in [6.45, 7) is 6.05. The van der Waals surface area contributed by atoms with Gasteiger partial charge in [-0.25, -0.2) is 0 Å². The van der Waals surface area contributed by atoms with Gasteiger partial charge in [0.25, 0.3) is 0 Å². The van der Waals surface area contributed by atoms with Gasteiger partial charge in [0, 0.05) is 45.1 Å². The third-order valence-electron chi connectivity index (χ3n) is 6.26.